The first kappa shape index (κ1) is 23.2. The molecule has 2 aromatic heterocycles. The smallest absolute Gasteiger partial charge is 0.338 e. The number of pyridine rings is 2. The van der Waals surface area contributed by atoms with Gasteiger partial charge in [0, 0.05) is 35.1 Å². The molecule has 7 nitrogen and oxygen atoms in total. The maximum Gasteiger partial charge on any atom is 0.338 e. The number of rotatable bonds is 9. The van der Waals surface area contributed by atoms with Crippen LogP contribution in [0.5, 0.6) is 5.75 Å². The molecule has 0 aliphatic carbocycles. The number of carbonyl (C=O) groups is 1. The topological polar surface area (TPSA) is 93.6 Å². The van der Waals surface area contributed by atoms with Gasteiger partial charge in [-0.05, 0) is 56.3 Å². The van der Waals surface area contributed by atoms with E-state index in [4.69, 9.17) is 9.47 Å². The number of aromatic nitrogens is 2. The van der Waals surface area contributed by atoms with Crippen LogP contribution in [0.15, 0.2) is 72.9 Å². The van der Waals surface area contributed by atoms with E-state index < -0.39 is 12.0 Å². The highest BCUT2D eigenvalue weighted by atomic mass is 16.6. The molecule has 0 aliphatic heterocycles. The molecule has 4 aromatic rings. The molecule has 34 heavy (non-hydrogen) atoms. The molecular formula is C27H27N3O4. The molecule has 0 saturated carbocycles. The lowest BCUT2D eigenvalue weighted by Crippen LogP contribution is -2.15. The number of esters is 1. The van der Waals surface area contributed by atoms with Crippen LogP contribution in [-0.4, -0.2) is 40.9 Å². The van der Waals surface area contributed by atoms with Gasteiger partial charge in [0.1, 0.15) is 17.9 Å². The van der Waals surface area contributed by atoms with Gasteiger partial charge < -0.3 is 19.9 Å². The van der Waals surface area contributed by atoms with E-state index >= 15 is 0 Å². The van der Waals surface area contributed by atoms with Crippen LogP contribution in [0.3, 0.4) is 0 Å². The number of hydrogen-bond acceptors (Lipinski definition) is 7. The van der Waals surface area contributed by atoms with Crippen molar-refractivity contribution in [3.63, 3.8) is 0 Å². The SMILES string of the molecule is CCOCCOC(=O)c1ccc(NC(c2ccccn2)c2ccc3ccc(C)nc3c2O)cc1. The Balaban J connectivity index is 1.61. The van der Waals surface area contributed by atoms with E-state index in [0.29, 0.717) is 29.9 Å². The average Bonchev–Trinajstić information content (AvgIpc) is 2.87. The lowest BCUT2D eigenvalue weighted by Gasteiger charge is -2.22. The molecule has 0 amide bonds. The van der Waals surface area contributed by atoms with E-state index in [-0.39, 0.29) is 12.4 Å². The third-order valence-electron chi connectivity index (χ3n) is 5.40. The Morgan fingerprint density at radius 3 is 2.56 bits per heavy atom. The monoisotopic (exact) mass is 457 g/mol. The van der Waals surface area contributed by atoms with Crippen molar-refractivity contribution in [1.82, 2.24) is 9.97 Å². The number of aromatic hydroxyl groups is 1. The summed E-state index contributed by atoms with van der Waals surface area (Å²) in [7, 11) is 0. The van der Waals surface area contributed by atoms with Crippen LogP contribution in [-0.2, 0) is 9.47 Å². The summed E-state index contributed by atoms with van der Waals surface area (Å²) >= 11 is 0. The fourth-order valence-corrected chi connectivity index (χ4v) is 3.67. The number of carbonyl (C=O) groups excluding carboxylic acids is 1. The number of phenolic OH excluding ortho intramolecular Hbond substituents is 1. The van der Waals surface area contributed by atoms with Gasteiger partial charge in [0.25, 0.3) is 0 Å². The molecular weight excluding hydrogens is 430 g/mol. The van der Waals surface area contributed by atoms with E-state index in [1.807, 2.05) is 56.3 Å². The molecule has 7 heteroatoms. The van der Waals surface area contributed by atoms with Gasteiger partial charge in [-0.25, -0.2) is 9.78 Å². The number of phenols is 1. The largest absolute Gasteiger partial charge is 0.505 e. The average molecular weight is 458 g/mol. The van der Waals surface area contributed by atoms with Gasteiger partial charge in [0.05, 0.1) is 23.9 Å². The third kappa shape index (κ3) is 5.32. The van der Waals surface area contributed by atoms with Gasteiger partial charge in [-0.15, -0.1) is 0 Å². The highest BCUT2D eigenvalue weighted by Crippen LogP contribution is 2.36. The molecule has 1 unspecified atom stereocenters. The Kier molecular flexibility index (Phi) is 7.34. The first-order valence-electron chi connectivity index (χ1n) is 11.2. The third-order valence-corrected chi connectivity index (χ3v) is 5.40. The zero-order valence-electron chi connectivity index (χ0n) is 19.2. The molecule has 0 fully saturated rings. The Bertz CT molecular complexity index is 1260. The Morgan fingerprint density at radius 2 is 1.82 bits per heavy atom. The van der Waals surface area contributed by atoms with Crippen LogP contribution < -0.4 is 5.32 Å². The molecule has 4 rings (SSSR count). The predicted octanol–water partition coefficient (Wildman–Crippen LogP) is 5.04. The number of ether oxygens (including phenoxy) is 2. The first-order valence-corrected chi connectivity index (χ1v) is 11.2. The van der Waals surface area contributed by atoms with Gasteiger partial charge >= 0.3 is 5.97 Å². The fourth-order valence-electron chi connectivity index (χ4n) is 3.67. The second-order valence-electron chi connectivity index (χ2n) is 7.77. The number of fused-ring (bicyclic) bond motifs is 1. The zero-order valence-corrected chi connectivity index (χ0v) is 19.2. The van der Waals surface area contributed by atoms with Crippen LogP contribution in [0.25, 0.3) is 10.9 Å². The second-order valence-corrected chi connectivity index (χ2v) is 7.77. The van der Waals surface area contributed by atoms with E-state index in [9.17, 15) is 9.90 Å². The Hall–Kier alpha value is -3.97. The summed E-state index contributed by atoms with van der Waals surface area (Å²) in [5, 5.41) is 15.4. The fraction of sp³-hybridized carbons (Fsp3) is 0.222. The van der Waals surface area contributed by atoms with E-state index in [2.05, 4.69) is 15.3 Å². The maximum atomic E-state index is 12.2. The minimum absolute atomic E-state index is 0.110. The van der Waals surface area contributed by atoms with Crippen LogP contribution >= 0.6 is 0 Å². The van der Waals surface area contributed by atoms with Crippen molar-refractivity contribution in [2.45, 2.75) is 19.9 Å². The molecule has 174 valence electrons. The van der Waals surface area contributed by atoms with Gasteiger partial charge in [0.15, 0.2) is 0 Å². The maximum absolute atomic E-state index is 12.2. The normalized spacial score (nSPS) is 11.8. The Morgan fingerprint density at radius 1 is 1.03 bits per heavy atom. The van der Waals surface area contributed by atoms with Crippen molar-refractivity contribution in [2.24, 2.45) is 0 Å². The summed E-state index contributed by atoms with van der Waals surface area (Å²) in [6.07, 6.45) is 1.71. The van der Waals surface area contributed by atoms with Gasteiger partial charge in [-0.2, -0.15) is 0 Å². The quantitative estimate of drug-likeness (QED) is 0.269. The lowest BCUT2D eigenvalue weighted by atomic mass is 9.99. The van der Waals surface area contributed by atoms with Crippen LogP contribution in [0, 0.1) is 6.92 Å². The first-order chi connectivity index (χ1) is 16.6. The van der Waals surface area contributed by atoms with E-state index in [1.165, 1.54) is 0 Å². The van der Waals surface area contributed by atoms with Crippen molar-refractivity contribution in [1.29, 1.82) is 0 Å². The number of benzene rings is 2. The van der Waals surface area contributed by atoms with E-state index in [0.717, 1.165) is 22.5 Å². The summed E-state index contributed by atoms with van der Waals surface area (Å²) < 4.78 is 10.4. The molecule has 0 aliphatic rings. The summed E-state index contributed by atoms with van der Waals surface area (Å²) in [5.74, 6) is -0.292. The molecule has 2 N–H and O–H groups in total. The summed E-state index contributed by atoms with van der Waals surface area (Å²) in [6.45, 7) is 4.95. The van der Waals surface area contributed by atoms with E-state index in [1.54, 1.807) is 30.5 Å². The Labute approximate surface area is 198 Å². The van der Waals surface area contributed by atoms with Gasteiger partial charge in [-0.1, -0.05) is 24.3 Å². The molecule has 0 spiro atoms. The minimum Gasteiger partial charge on any atom is -0.505 e. The van der Waals surface area contributed by atoms with Crippen LogP contribution in [0.2, 0.25) is 0 Å². The van der Waals surface area contributed by atoms with Crippen molar-refractivity contribution in [2.75, 3.05) is 25.1 Å². The summed E-state index contributed by atoms with van der Waals surface area (Å²) in [5.41, 5.74) is 3.98. The van der Waals surface area contributed by atoms with Crippen LogP contribution in [0.4, 0.5) is 5.69 Å². The lowest BCUT2D eigenvalue weighted by molar-refractivity contribution is 0.0335. The predicted molar refractivity (Wildman–Crippen MR) is 131 cm³/mol. The minimum atomic E-state index is -0.433. The number of hydrogen-bond donors (Lipinski definition) is 2. The highest BCUT2D eigenvalue weighted by Gasteiger charge is 2.21. The number of anilines is 1. The van der Waals surface area contributed by atoms with Crippen molar-refractivity contribution < 1.29 is 19.4 Å². The van der Waals surface area contributed by atoms with Crippen molar-refractivity contribution in [3.05, 3.63) is 95.4 Å². The molecule has 0 bridgehead atoms. The number of nitrogens with one attached hydrogen (secondary N) is 1. The van der Waals surface area contributed by atoms with Gasteiger partial charge in [0.2, 0.25) is 0 Å². The molecule has 2 aromatic carbocycles. The number of aryl methyl sites for hydroxylation is 1. The molecule has 2 heterocycles. The standard InChI is InChI=1S/C27H27N3O4/c1-3-33-16-17-34-27(32)20-9-12-21(13-10-20)30-25(23-6-4-5-15-28-23)22-14-11-19-8-7-18(2)29-24(19)26(22)31/h4-15,25,30-31H,3,16-17H2,1-2H3. The molecule has 0 radical (unpaired) electrons. The highest BCUT2D eigenvalue weighted by molar-refractivity contribution is 5.90. The molecule has 1 atom stereocenters. The number of nitrogens with zero attached hydrogens (tertiary/aromatic N) is 2. The van der Waals surface area contributed by atoms with Crippen LogP contribution in [0.1, 0.15) is 40.3 Å². The summed E-state index contributed by atoms with van der Waals surface area (Å²) in [6, 6.07) is 19.9. The van der Waals surface area contributed by atoms with Crippen molar-refractivity contribution in [3.8, 4) is 5.75 Å². The second kappa shape index (κ2) is 10.8. The van der Waals surface area contributed by atoms with Gasteiger partial charge in [-0.3, -0.25) is 4.98 Å². The zero-order chi connectivity index (χ0) is 23.9. The molecule has 0 saturated heterocycles. The van der Waals surface area contributed by atoms with Crippen molar-refractivity contribution >= 4 is 22.6 Å². The summed E-state index contributed by atoms with van der Waals surface area (Å²) in [4.78, 5) is 21.3.